The maximum atomic E-state index is 10.3. The van der Waals surface area contributed by atoms with E-state index in [9.17, 15) is 5.11 Å². The van der Waals surface area contributed by atoms with Gasteiger partial charge in [-0.1, -0.05) is 11.2 Å². The number of hydrogen-bond acceptors (Lipinski definition) is 5. The lowest BCUT2D eigenvalue weighted by Crippen LogP contribution is -1.90. The predicted octanol–water partition coefficient (Wildman–Crippen LogP) is 3.43. The van der Waals surface area contributed by atoms with Gasteiger partial charge in [0.1, 0.15) is 11.5 Å². The Morgan fingerprint density at radius 3 is 2.76 bits per heavy atom. The summed E-state index contributed by atoms with van der Waals surface area (Å²) in [5, 5.41) is 14.1. The summed E-state index contributed by atoms with van der Waals surface area (Å²) in [6, 6.07) is 8.98. The third kappa shape index (κ3) is 2.33. The molecule has 0 bridgehead atoms. The first-order valence-corrected chi connectivity index (χ1v) is 6.44. The highest BCUT2D eigenvalue weighted by Gasteiger charge is 2.19. The summed E-state index contributed by atoms with van der Waals surface area (Å²) < 4.78 is 10.5. The topological polar surface area (TPSA) is 68.4 Å². The Bertz CT molecular complexity index is 743. The third-order valence-electron chi connectivity index (χ3n) is 3.26. The van der Waals surface area contributed by atoms with E-state index < -0.39 is 0 Å². The number of rotatable bonds is 3. The minimum Gasteiger partial charge on any atom is -0.507 e. The van der Waals surface area contributed by atoms with Crippen LogP contribution in [-0.4, -0.2) is 22.4 Å². The average molecular weight is 282 g/mol. The van der Waals surface area contributed by atoms with E-state index in [-0.39, 0.29) is 5.75 Å². The molecule has 2 aromatic heterocycles. The Morgan fingerprint density at radius 2 is 2.10 bits per heavy atom. The molecule has 0 saturated heterocycles. The van der Waals surface area contributed by atoms with E-state index in [1.165, 1.54) is 0 Å². The summed E-state index contributed by atoms with van der Waals surface area (Å²) in [6.45, 7) is 1.88. The van der Waals surface area contributed by atoms with Crippen molar-refractivity contribution in [1.29, 1.82) is 0 Å². The van der Waals surface area contributed by atoms with E-state index >= 15 is 0 Å². The van der Waals surface area contributed by atoms with Crippen molar-refractivity contribution in [1.82, 2.24) is 10.1 Å². The molecule has 0 amide bonds. The molecule has 1 N–H and O–H groups in total. The van der Waals surface area contributed by atoms with E-state index in [0.29, 0.717) is 17.1 Å². The van der Waals surface area contributed by atoms with Gasteiger partial charge in [0.25, 0.3) is 0 Å². The van der Waals surface area contributed by atoms with Crippen LogP contribution in [0, 0.1) is 6.92 Å². The molecule has 0 aliphatic carbocycles. The number of aromatic hydroxyl groups is 1. The molecule has 0 radical (unpaired) electrons. The van der Waals surface area contributed by atoms with Gasteiger partial charge in [0, 0.05) is 12.3 Å². The molecule has 3 aromatic rings. The fourth-order valence-corrected chi connectivity index (χ4v) is 2.27. The van der Waals surface area contributed by atoms with Crippen molar-refractivity contribution < 1.29 is 14.4 Å². The minimum absolute atomic E-state index is 0.0841. The van der Waals surface area contributed by atoms with Crippen LogP contribution < -0.4 is 4.74 Å². The van der Waals surface area contributed by atoms with E-state index in [1.54, 1.807) is 25.6 Å². The summed E-state index contributed by atoms with van der Waals surface area (Å²) >= 11 is 0. The van der Waals surface area contributed by atoms with Gasteiger partial charge in [0.15, 0.2) is 5.76 Å². The highest BCUT2D eigenvalue weighted by molar-refractivity contribution is 5.82. The molecule has 0 aliphatic heterocycles. The Balaban J connectivity index is 2.17. The van der Waals surface area contributed by atoms with E-state index in [0.717, 1.165) is 16.8 Å². The number of phenolic OH excluding ortho intramolecular Hbond substituents is 1. The van der Waals surface area contributed by atoms with Gasteiger partial charge in [-0.3, -0.25) is 4.98 Å². The summed E-state index contributed by atoms with van der Waals surface area (Å²) in [5.41, 5.74) is 2.90. The maximum absolute atomic E-state index is 10.3. The van der Waals surface area contributed by atoms with Gasteiger partial charge in [-0.2, -0.15) is 0 Å². The fourth-order valence-electron chi connectivity index (χ4n) is 2.27. The van der Waals surface area contributed by atoms with E-state index in [1.807, 2.05) is 31.2 Å². The molecule has 3 rings (SSSR count). The van der Waals surface area contributed by atoms with Gasteiger partial charge in [0.2, 0.25) is 0 Å². The second-order valence-electron chi connectivity index (χ2n) is 4.62. The van der Waals surface area contributed by atoms with Gasteiger partial charge >= 0.3 is 0 Å². The molecule has 0 aliphatic rings. The zero-order valence-corrected chi connectivity index (χ0v) is 11.7. The zero-order valence-electron chi connectivity index (χ0n) is 11.7. The van der Waals surface area contributed by atoms with Gasteiger partial charge in [-0.15, -0.1) is 0 Å². The van der Waals surface area contributed by atoms with Gasteiger partial charge < -0.3 is 14.4 Å². The van der Waals surface area contributed by atoms with Crippen molar-refractivity contribution in [2.24, 2.45) is 0 Å². The Morgan fingerprint density at radius 1 is 1.24 bits per heavy atom. The van der Waals surface area contributed by atoms with Crippen LogP contribution in [0.25, 0.3) is 22.6 Å². The summed E-state index contributed by atoms with van der Waals surface area (Å²) in [7, 11) is 1.56. The summed E-state index contributed by atoms with van der Waals surface area (Å²) in [4.78, 5) is 4.29. The molecular formula is C16H14N2O3. The first-order chi connectivity index (χ1) is 10.2. The lowest BCUT2D eigenvalue weighted by atomic mass is 10.0. The SMILES string of the molecule is COc1cc(C)c(-c2oncc2-c2ccccn2)c(O)c1. The number of ether oxygens (including phenoxy) is 1. The number of aromatic nitrogens is 2. The quantitative estimate of drug-likeness (QED) is 0.797. The lowest BCUT2D eigenvalue weighted by Gasteiger charge is -2.09. The normalized spacial score (nSPS) is 10.6. The van der Waals surface area contributed by atoms with Crippen LogP contribution >= 0.6 is 0 Å². The Kier molecular flexibility index (Phi) is 3.31. The number of nitrogens with zero attached hydrogens (tertiary/aromatic N) is 2. The molecular weight excluding hydrogens is 268 g/mol. The van der Waals surface area contributed by atoms with Crippen molar-refractivity contribution in [2.45, 2.75) is 6.92 Å². The smallest absolute Gasteiger partial charge is 0.180 e. The molecule has 21 heavy (non-hydrogen) atoms. The van der Waals surface area contributed by atoms with Crippen molar-refractivity contribution in [3.8, 4) is 34.1 Å². The number of hydrogen-bond donors (Lipinski definition) is 1. The predicted molar refractivity (Wildman–Crippen MR) is 78.1 cm³/mol. The molecule has 2 heterocycles. The number of methoxy groups -OCH3 is 1. The second-order valence-corrected chi connectivity index (χ2v) is 4.62. The zero-order chi connectivity index (χ0) is 14.8. The molecule has 0 unspecified atom stereocenters. The standard InChI is InChI=1S/C16H14N2O3/c1-10-7-11(20-2)8-14(19)15(10)16-12(9-18-21-16)13-5-3-4-6-17-13/h3-9,19H,1-2H3. The molecule has 0 saturated carbocycles. The maximum Gasteiger partial charge on any atom is 0.180 e. The Hall–Kier alpha value is -2.82. The fraction of sp³-hybridized carbons (Fsp3) is 0.125. The Labute approximate surface area is 121 Å². The van der Waals surface area contributed by atoms with Crippen LogP contribution in [-0.2, 0) is 0 Å². The van der Waals surface area contributed by atoms with Crippen molar-refractivity contribution in [3.05, 3.63) is 48.3 Å². The van der Waals surface area contributed by atoms with Crippen LogP contribution in [0.4, 0.5) is 0 Å². The van der Waals surface area contributed by atoms with Gasteiger partial charge in [-0.25, -0.2) is 0 Å². The van der Waals surface area contributed by atoms with E-state index in [2.05, 4.69) is 10.1 Å². The van der Waals surface area contributed by atoms with Gasteiger partial charge in [0.05, 0.1) is 30.1 Å². The summed E-state index contributed by atoms with van der Waals surface area (Å²) in [6.07, 6.45) is 3.30. The monoisotopic (exact) mass is 282 g/mol. The third-order valence-corrected chi connectivity index (χ3v) is 3.26. The first kappa shape index (κ1) is 13.2. The number of pyridine rings is 1. The highest BCUT2D eigenvalue weighted by atomic mass is 16.5. The molecule has 5 heteroatoms. The highest BCUT2D eigenvalue weighted by Crippen LogP contribution is 2.40. The first-order valence-electron chi connectivity index (χ1n) is 6.44. The van der Waals surface area contributed by atoms with Crippen LogP contribution in [0.5, 0.6) is 11.5 Å². The number of phenols is 1. The van der Waals surface area contributed by atoms with Crippen molar-refractivity contribution >= 4 is 0 Å². The number of aryl methyl sites for hydroxylation is 1. The van der Waals surface area contributed by atoms with Crippen molar-refractivity contribution in [3.63, 3.8) is 0 Å². The average Bonchev–Trinajstić information content (AvgIpc) is 2.96. The molecule has 0 atom stereocenters. The molecule has 106 valence electrons. The molecule has 5 nitrogen and oxygen atoms in total. The van der Waals surface area contributed by atoms with Crippen LogP contribution in [0.15, 0.2) is 47.2 Å². The minimum atomic E-state index is 0.0841. The number of benzene rings is 1. The van der Waals surface area contributed by atoms with Crippen LogP contribution in [0.3, 0.4) is 0 Å². The molecule has 0 fully saturated rings. The van der Waals surface area contributed by atoms with Crippen LogP contribution in [0.1, 0.15) is 5.56 Å². The van der Waals surface area contributed by atoms with E-state index in [4.69, 9.17) is 9.26 Å². The largest absolute Gasteiger partial charge is 0.507 e. The van der Waals surface area contributed by atoms with Crippen molar-refractivity contribution in [2.75, 3.05) is 7.11 Å². The van der Waals surface area contributed by atoms with Gasteiger partial charge in [-0.05, 0) is 30.7 Å². The van der Waals surface area contributed by atoms with Crippen LogP contribution in [0.2, 0.25) is 0 Å². The molecule has 1 aromatic carbocycles. The molecule has 0 spiro atoms. The summed E-state index contributed by atoms with van der Waals surface area (Å²) in [5.74, 6) is 1.17. The lowest BCUT2D eigenvalue weighted by molar-refractivity contribution is 0.405. The second kappa shape index (κ2) is 5.28.